The number of para-hydroxylation sites is 1. The summed E-state index contributed by atoms with van der Waals surface area (Å²) in [6, 6.07) is 7.70. The number of fused-ring (bicyclic) bond motifs is 1. The van der Waals surface area contributed by atoms with E-state index in [1.54, 1.807) is 13.8 Å². The number of anilines is 1. The molecule has 5 heteroatoms. The number of alkyl halides is 3. The van der Waals surface area contributed by atoms with Gasteiger partial charge >= 0.3 is 6.18 Å². The van der Waals surface area contributed by atoms with Crippen molar-refractivity contribution >= 4 is 5.69 Å². The summed E-state index contributed by atoms with van der Waals surface area (Å²) >= 11 is 0. The summed E-state index contributed by atoms with van der Waals surface area (Å²) in [7, 11) is 0. The van der Waals surface area contributed by atoms with Gasteiger partial charge in [-0.05, 0) is 62.8 Å². The molecule has 0 radical (unpaired) electrons. The van der Waals surface area contributed by atoms with Crippen molar-refractivity contribution < 1.29 is 13.2 Å². The Morgan fingerprint density at radius 2 is 1.89 bits per heavy atom. The summed E-state index contributed by atoms with van der Waals surface area (Å²) in [6.45, 7) is 12.9. The van der Waals surface area contributed by atoms with Gasteiger partial charge in [0.1, 0.15) is 0 Å². The predicted octanol–water partition coefficient (Wildman–Crippen LogP) is 6.39. The highest BCUT2D eigenvalue weighted by Crippen LogP contribution is 2.33. The van der Waals surface area contributed by atoms with Gasteiger partial charge < -0.3 is 4.90 Å². The van der Waals surface area contributed by atoms with Crippen molar-refractivity contribution in [1.82, 2.24) is 4.98 Å². The lowest BCUT2D eigenvalue weighted by Crippen LogP contribution is -2.28. The second-order valence-corrected chi connectivity index (χ2v) is 6.88. The molecule has 2 heterocycles. The first kappa shape index (κ1) is 21.0. The monoisotopic (exact) mass is 376 g/mol. The van der Waals surface area contributed by atoms with E-state index in [9.17, 15) is 13.2 Å². The number of nitrogens with zero attached hydrogens (tertiary/aromatic N) is 2. The smallest absolute Gasteiger partial charge is 0.345 e. The lowest BCUT2D eigenvalue weighted by Gasteiger charge is -2.33. The zero-order valence-electron chi connectivity index (χ0n) is 16.5. The lowest BCUT2D eigenvalue weighted by molar-refractivity contribution is -0.137. The van der Waals surface area contributed by atoms with Gasteiger partial charge in [0.25, 0.3) is 0 Å². The molecule has 1 aliphatic rings. The van der Waals surface area contributed by atoms with Gasteiger partial charge in [0.15, 0.2) is 0 Å². The number of aromatic nitrogens is 1. The van der Waals surface area contributed by atoms with Gasteiger partial charge in [-0.1, -0.05) is 31.7 Å². The molecule has 0 saturated heterocycles. The first-order valence-electron chi connectivity index (χ1n) is 9.19. The Bertz CT molecular complexity index is 810. The van der Waals surface area contributed by atoms with Crippen LogP contribution < -0.4 is 4.90 Å². The van der Waals surface area contributed by atoms with Crippen molar-refractivity contribution in [2.75, 3.05) is 11.4 Å². The van der Waals surface area contributed by atoms with Crippen molar-refractivity contribution in [3.8, 4) is 0 Å². The van der Waals surface area contributed by atoms with E-state index in [1.165, 1.54) is 35.4 Å². The van der Waals surface area contributed by atoms with Crippen molar-refractivity contribution in [2.24, 2.45) is 0 Å². The van der Waals surface area contributed by atoms with E-state index in [0.717, 1.165) is 25.2 Å². The van der Waals surface area contributed by atoms with E-state index in [1.807, 2.05) is 0 Å². The number of benzene rings is 1. The molecule has 0 amide bonds. The number of aryl methyl sites for hydroxylation is 4. The van der Waals surface area contributed by atoms with E-state index in [4.69, 9.17) is 0 Å². The van der Waals surface area contributed by atoms with Crippen molar-refractivity contribution in [2.45, 2.75) is 53.1 Å². The molecule has 146 valence electrons. The summed E-state index contributed by atoms with van der Waals surface area (Å²) < 4.78 is 36.2. The maximum Gasteiger partial charge on any atom is 0.417 e. The van der Waals surface area contributed by atoms with Crippen LogP contribution in [0.3, 0.4) is 0 Å². The molecule has 0 N–H and O–H groups in total. The predicted molar refractivity (Wildman–Crippen MR) is 105 cm³/mol. The highest BCUT2D eigenvalue weighted by Gasteiger charge is 2.31. The molecule has 0 unspecified atom stereocenters. The topological polar surface area (TPSA) is 16.1 Å². The molecule has 0 aliphatic carbocycles. The molecule has 1 aromatic heterocycles. The Kier molecular flexibility index (Phi) is 6.68. The molecule has 1 aromatic carbocycles. The number of rotatable bonds is 2. The Morgan fingerprint density at radius 3 is 2.48 bits per heavy atom. The van der Waals surface area contributed by atoms with Crippen LogP contribution in [0, 0.1) is 20.8 Å². The van der Waals surface area contributed by atoms with Crippen LogP contribution in [0.15, 0.2) is 42.7 Å². The quantitative estimate of drug-likeness (QED) is 0.604. The lowest BCUT2D eigenvalue weighted by atomic mass is 9.97. The average molecular weight is 376 g/mol. The minimum atomic E-state index is -4.29. The third kappa shape index (κ3) is 5.12. The third-order valence-electron chi connectivity index (χ3n) is 4.88. The molecule has 3 rings (SSSR count). The molecule has 27 heavy (non-hydrogen) atoms. The second kappa shape index (κ2) is 8.59. The number of allylic oxidation sites excluding steroid dienone is 1. The van der Waals surface area contributed by atoms with E-state index in [2.05, 4.69) is 48.5 Å². The molecule has 0 fully saturated rings. The molecule has 0 atom stereocenters. The fourth-order valence-electron chi connectivity index (χ4n) is 3.15. The van der Waals surface area contributed by atoms with Crippen molar-refractivity contribution in [1.29, 1.82) is 0 Å². The molecule has 2 nitrogen and oxygen atoms in total. The Morgan fingerprint density at radius 1 is 1.19 bits per heavy atom. The fourth-order valence-corrected chi connectivity index (χ4v) is 3.15. The van der Waals surface area contributed by atoms with Crippen LogP contribution in [0.25, 0.3) is 0 Å². The highest BCUT2D eigenvalue weighted by molar-refractivity contribution is 5.64. The van der Waals surface area contributed by atoms with Crippen LogP contribution >= 0.6 is 0 Å². The molecular formula is C22H27F3N2. The van der Waals surface area contributed by atoms with Crippen LogP contribution in [-0.4, -0.2) is 11.5 Å². The zero-order chi connectivity index (χ0) is 20.2. The van der Waals surface area contributed by atoms with E-state index in [-0.39, 0.29) is 0 Å². The van der Waals surface area contributed by atoms with Gasteiger partial charge in [0, 0.05) is 29.8 Å². The highest BCUT2D eigenvalue weighted by atomic mass is 19.4. The third-order valence-corrected chi connectivity index (χ3v) is 4.88. The van der Waals surface area contributed by atoms with Crippen LogP contribution in [0.5, 0.6) is 0 Å². The molecule has 0 spiro atoms. The SMILES string of the molecule is C=C(CC)N1CCCc2cccc(C)c21.Cc1cc(C(F)(F)F)cnc1C. The summed E-state index contributed by atoms with van der Waals surface area (Å²) in [4.78, 5) is 6.02. The first-order chi connectivity index (χ1) is 12.6. The molecule has 0 saturated carbocycles. The maximum absolute atomic E-state index is 12.1. The van der Waals surface area contributed by atoms with Gasteiger partial charge in [-0.15, -0.1) is 0 Å². The molecule has 1 aliphatic heterocycles. The van der Waals surface area contributed by atoms with Crippen molar-refractivity contribution in [3.05, 3.63) is 70.7 Å². The Labute approximate surface area is 159 Å². The van der Waals surface area contributed by atoms with Gasteiger partial charge in [-0.3, -0.25) is 4.98 Å². The maximum atomic E-state index is 12.1. The number of halogens is 3. The normalized spacial score (nSPS) is 13.5. The minimum absolute atomic E-state index is 0.560. The van der Waals surface area contributed by atoms with Crippen molar-refractivity contribution in [3.63, 3.8) is 0 Å². The summed E-state index contributed by atoms with van der Waals surface area (Å²) in [5, 5.41) is 0. The molecule has 2 aromatic rings. The Hall–Kier alpha value is -2.30. The minimum Gasteiger partial charge on any atom is -0.345 e. The molecule has 0 bridgehead atoms. The summed E-state index contributed by atoms with van der Waals surface area (Å²) in [6.07, 6.45) is 0.0571. The van der Waals surface area contributed by atoms with Crippen LogP contribution in [0.4, 0.5) is 18.9 Å². The average Bonchev–Trinajstić information content (AvgIpc) is 2.63. The molecular weight excluding hydrogens is 349 g/mol. The van der Waals surface area contributed by atoms with Gasteiger partial charge in [-0.2, -0.15) is 13.2 Å². The first-order valence-corrected chi connectivity index (χ1v) is 9.19. The summed E-state index contributed by atoms with van der Waals surface area (Å²) in [5.74, 6) is 0. The zero-order valence-corrected chi connectivity index (χ0v) is 16.5. The van der Waals surface area contributed by atoms with Gasteiger partial charge in [-0.25, -0.2) is 0 Å². The number of hydrogen-bond acceptors (Lipinski definition) is 2. The summed E-state index contributed by atoms with van der Waals surface area (Å²) in [5.41, 5.74) is 6.01. The largest absolute Gasteiger partial charge is 0.417 e. The van der Waals surface area contributed by atoms with E-state index in [0.29, 0.717) is 11.3 Å². The van der Waals surface area contributed by atoms with Gasteiger partial charge in [0.05, 0.1) is 5.56 Å². The van der Waals surface area contributed by atoms with E-state index < -0.39 is 11.7 Å². The second-order valence-electron chi connectivity index (χ2n) is 6.88. The van der Waals surface area contributed by atoms with Crippen LogP contribution in [-0.2, 0) is 12.6 Å². The van der Waals surface area contributed by atoms with Crippen LogP contribution in [0.1, 0.15) is 47.7 Å². The standard InChI is InChI=1S/C14H19N.C8H8F3N/c1-4-12(3)15-10-6-9-13-8-5-7-11(2)14(13)15;1-5-3-7(8(9,10)11)4-12-6(5)2/h5,7-8H,3-4,6,9-10H2,1-2H3;3-4H,1-2H3. The Balaban J connectivity index is 0.000000199. The number of hydrogen-bond donors (Lipinski definition) is 0. The van der Waals surface area contributed by atoms with Crippen LogP contribution in [0.2, 0.25) is 0 Å². The van der Waals surface area contributed by atoms with Gasteiger partial charge in [0.2, 0.25) is 0 Å². The van der Waals surface area contributed by atoms with E-state index >= 15 is 0 Å². The number of pyridine rings is 1. The fraction of sp³-hybridized carbons (Fsp3) is 0.409.